The van der Waals surface area contributed by atoms with E-state index in [0.29, 0.717) is 0 Å². The van der Waals surface area contributed by atoms with Crippen LogP contribution >= 0.6 is 0 Å². The molecule has 0 aromatic carbocycles. The van der Waals surface area contributed by atoms with Gasteiger partial charge in [0.25, 0.3) is 0 Å². The molecule has 0 saturated carbocycles. The Morgan fingerprint density at radius 2 is 2.50 bits per heavy atom. The number of aromatic nitrogens is 1. The van der Waals surface area contributed by atoms with Gasteiger partial charge in [-0.25, -0.2) is 0 Å². The second-order valence-corrected chi connectivity index (χ2v) is 2.28. The zero-order chi connectivity index (χ0) is 7.40. The molecule has 0 aliphatic rings. The molecule has 1 heterocycles. The van der Waals surface area contributed by atoms with Crippen LogP contribution in [0, 0.1) is 6.92 Å². The molecule has 0 bridgehead atoms. The Bertz CT molecular complexity index is 195. The van der Waals surface area contributed by atoms with Gasteiger partial charge in [0.1, 0.15) is 5.76 Å². The van der Waals surface area contributed by atoms with Gasteiger partial charge < -0.3 is 9.84 Å². The number of aryl methyl sites for hydroxylation is 1. The fraction of sp³-hybridized carbons (Fsp3) is 0.571. The minimum absolute atomic E-state index is 0.881. The van der Waals surface area contributed by atoms with Crippen molar-refractivity contribution in [2.75, 3.05) is 13.6 Å². The zero-order valence-corrected chi connectivity index (χ0v) is 6.35. The van der Waals surface area contributed by atoms with E-state index in [9.17, 15) is 0 Å². The van der Waals surface area contributed by atoms with E-state index < -0.39 is 0 Å². The Morgan fingerprint density at radius 3 is 3.00 bits per heavy atom. The molecule has 0 spiro atoms. The van der Waals surface area contributed by atoms with Gasteiger partial charge in [-0.2, -0.15) is 0 Å². The first-order valence-electron chi connectivity index (χ1n) is 3.39. The molecule has 1 aromatic heterocycles. The van der Waals surface area contributed by atoms with Crippen LogP contribution in [-0.2, 0) is 6.42 Å². The lowest BCUT2D eigenvalue weighted by molar-refractivity contribution is 0.390. The summed E-state index contributed by atoms with van der Waals surface area (Å²) < 4.78 is 4.88. The summed E-state index contributed by atoms with van der Waals surface area (Å²) in [6, 6.07) is 1.96. The number of likely N-dealkylation sites (N-methyl/N-ethyl adjacent to an activating group) is 1. The number of nitrogens with one attached hydrogen (secondary N) is 1. The fourth-order valence-corrected chi connectivity index (χ4v) is 0.789. The number of nitrogens with zero attached hydrogens (tertiary/aromatic N) is 1. The summed E-state index contributed by atoms with van der Waals surface area (Å²) in [7, 11) is 1.92. The lowest BCUT2D eigenvalue weighted by Crippen LogP contribution is -2.10. The van der Waals surface area contributed by atoms with Crippen LogP contribution in [-0.4, -0.2) is 18.7 Å². The van der Waals surface area contributed by atoms with Gasteiger partial charge in [-0.3, -0.25) is 0 Å². The molecule has 0 saturated heterocycles. The molecule has 1 rings (SSSR count). The van der Waals surface area contributed by atoms with Crippen molar-refractivity contribution in [3.63, 3.8) is 0 Å². The van der Waals surface area contributed by atoms with E-state index in [4.69, 9.17) is 4.52 Å². The fourth-order valence-electron chi connectivity index (χ4n) is 0.789. The molecule has 0 unspecified atom stereocenters. The quantitative estimate of drug-likeness (QED) is 0.673. The standard InChI is InChI=1S/C7H12N2O/c1-6-5-7(9-10-6)3-4-8-2/h5,8H,3-4H2,1-2H3. The summed E-state index contributed by atoms with van der Waals surface area (Å²) in [5, 5.41) is 6.88. The van der Waals surface area contributed by atoms with E-state index in [2.05, 4.69) is 10.5 Å². The largest absolute Gasteiger partial charge is 0.361 e. The molecule has 0 amide bonds. The van der Waals surface area contributed by atoms with Crippen LogP contribution in [0.5, 0.6) is 0 Å². The van der Waals surface area contributed by atoms with Crippen LogP contribution in [0.15, 0.2) is 10.6 Å². The van der Waals surface area contributed by atoms with Crippen LogP contribution in [0.2, 0.25) is 0 Å². The molecule has 0 atom stereocenters. The van der Waals surface area contributed by atoms with Crippen molar-refractivity contribution < 1.29 is 4.52 Å². The molecule has 0 aliphatic heterocycles. The van der Waals surface area contributed by atoms with Gasteiger partial charge in [0.2, 0.25) is 0 Å². The molecule has 56 valence electrons. The third-order valence-corrected chi connectivity index (χ3v) is 1.31. The van der Waals surface area contributed by atoms with E-state index in [1.165, 1.54) is 0 Å². The van der Waals surface area contributed by atoms with Gasteiger partial charge in [0, 0.05) is 19.0 Å². The predicted octanol–water partition coefficient (Wildman–Crippen LogP) is 0.745. The first-order valence-corrected chi connectivity index (χ1v) is 3.39. The van der Waals surface area contributed by atoms with Crippen molar-refractivity contribution in [2.24, 2.45) is 0 Å². The van der Waals surface area contributed by atoms with Crippen molar-refractivity contribution in [3.05, 3.63) is 17.5 Å². The molecular formula is C7H12N2O. The molecule has 3 heteroatoms. The predicted molar refractivity (Wildman–Crippen MR) is 38.9 cm³/mol. The number of hydrogen-bond acceptors (Lipinski definition) is 3. The van der Waals surface area contributed by atoms with Crippen LogP contribution in [0.1, 0.15) is 11.5 Å². The summed E-state index contributed by atoms with van der Waals surface area (Å²) in [6.45, 7) is 2.85. The van der Waals surface area contributed by atoms with Gasteiger partial charge in [-0.05, 0) is 14.0 Å². The Balaban J connectivity index is 2.42. The van der Waals surface area contributed by atoms with E-state index in [1.807, 2.05) is 20.0 Å². The highest BCUT2D eigenvalue weighted by Crippen LogP contribution is 2.00. The average molecular weight is 140 g/mol. The maximum absolute atomic E-state index is 4.88. The van der Waals surface area contributed by atoms with Crippen molar-refractivity contribution >= 4 is 0 Å². The van der Waals surface area contributed by atoms with Crippen molar-refractivity contribution in [1.29, 1.82) is 0 Å². The van der Waals surface area contributed by atoms with Crippen LogP contribution in [0.4, 0.5) is 0 Å². The Kier molecular flexibility index (Phi) is 2.45. The molecule has 1 aromatic rings. The normalized spacial score (nSPS) is 10.2. The summed E-state index contributed by atoms with van der Waals surface area (Å²) >= 11 is 0. The third-order valence-electron chi connectivity index (χ3n) is 1.31. The summed E-state index contributed by atoms with van der Waals surface area (Å²) in [5.74, 6) is 0.881. The van der Waals surface area contributed by atoms with Gasteiger partial charge in [-0.15, -0.1) is 0 Å². The van der Waals surface area contributed by atoms with E-state index >= 15 is 0 Å². The molecule has 10 heavy (non-hydrogen) atoms. The monoisotopic (exact) mass is 140 g/mol. The smallest absolute Gasteiger partial charge is 0.133 e. The minimum Gasteiger partial charge on any atom is -0.361 e. The second kappa shape index (κ2) is 3.37. The minimum atomic E-state index is 0.881. The summed E-state index contributed by atoms with van der Waals surface area (Å²) in [5.41, 5.74) is 1.02. The van der Waals surface area contributed by atoms with E-state index in [0.717, 1.165) is 24.4 Å². The Hall–Kier alpha value is -0.830. The van der Waals surface area contributed by atoms with E-state index in [-0.39, 0.29) is 0 Å². The molecule has 3 nitrogen and oxygen atoms in total. The number of hydrogen-bond donors (Lipinski definition) is 1. The van der Waals surface area contributed by atoms with Gasteiger partial charge >= 0.3 is 0 Å². The molecule has 1 N–H and O–H groups in total. The maximum Gasteiger partial charge on any atom is 0.133 e. The zero-order valence-electron chi connectivity index (χ0n) is 6.35. The Labute approximate surface area is 60.4 Å². The maximum atomic E-state index is 4.88. The highest BCUT2D eigenvalue weighted by molar-refractivity contribution is 5.03. The van der Waals surface area contributed by atoms with Crippen LogP contribution in [0.3, 0.4) is 0 Å². The number of rotatable bonds is 3. The third kappa shape index (κ3) is 1.84. The summed E-state index contributed by atoms with van der Waals surface area (Å²) in [6.07, 6.45) is 0.938. The lowest BCUT2D eigenvalue weighted by atomic mass is 10.3. The first-order chi connectivity index (χ1) is 4.83. The highest BCUT2D eigenvalue weighted by atomic mass is 16.5. The van der Waals surface area contributed by atoms with Gasteiger partial charge in [0.05, 0.1) is 5.69 Å². The second-order valence-electron chi connectivity index (χ2n) is 2.28. The van der Waals surface area contributed by atoms with Crippen LogP contribution in [0.25, 0.3) is 0 Å². The topological polar surface area (TPSA) is 38.1 Å². The van der Waals surface area contributed by atoms with Crippen molar-refractivity contribution in [1.82, 2.24) is 10.5 Å². The van der Waals surface area contributed by atoms with E-state index in [1.54, 1.807) is 0 Å². The van der Waals surface area contributed by atoms with Crippen LogP contribution < -0.4 is 5.32 Å². The molecule has 0 fully saturated rings. The average Bonchev–Trinajstić information content (AvgIpc) is 2.31. The first kappa shape index (κ1) is 7.28. The SMILES string of the molecule is CNCCc1cc(C)on1. The molecule has 0 radical (unpaired) electrons. The van der Waals surface area contributed by atoms with Gasteiger partial charge in [-0.1, -0.05) is 5.16 Å². The lowest BCUT2D eigenvalue weighted by Gasteiger charge is -1.91. The van der Waals surface area contributed by atoms with Crippen molar-refractivity contribution in [2.45, 2.75) is 13.3 Å². The Morgan fingerprint density at radius 1 is 1.70 bits per heavy atom. The van der Waals surface area contributed by atoms with Crippen molar-refractivity contribution in [3.8, 4) is 0 Å². The summed E-state index contributed by atoms with van der Waals surface area (Å²) in [4.78, 5) is 0. The highest BCUT2D eigenvalue weighted by Gasteiger charge is 1.97. The molecular weight excluding hydrogens is 128 g/mol. The molecule has 0 aliphatic carbocycles. The van der Waals surface area contributed by atoms with Gasteiger partial charge in [0.15, 0.2) is 0 Å².